The smallest absolute Gasteiger partial charge is 0.135 e. The van der Waals surface area contributed by atoms with E-state index < -0.39 is 0 Å². The second kappa shape index (κ2) is 4.83. The number of aromatic nitrogens is 1. The van der Waals surface area contributed by atoms with Crippen molar-refractivity contribution in [3.8, 4) is 0 Å². The number of nitrogens with zero attached hydrogens (tertiary/aromatic N) is 2. The third-order valence-corrected chi connectivity index (χ3v) is 2.77. The molecule has 0 radical (unpaired) electrons. The number of pyridine rings is 1. The van der Waals surface area contributed by atoms with Gasteiger partial charge in [-0.3, -0.25) is 0 Å². The average Bonchev–Trinajstić information content (AvgIpc) is 2.39. The minimum atomic E-state index is 0.974. The van der Waals surface area contributed by atoms with Gasteiger partial charge in [-0.05, 0) is 36.2 Å². The number of rotatable bonds is 3. The van der Waals surface area contributed by atoms with Gasteiger partial charge < -0.3 is 4.90 Å². The molecule has 1 aromatic heterocycles. The fourth-order valence-electron chi connectivity index (χ4n) is 1.83. The summed E-state index contributed by atoms with van der Waals surface area (Å²) >= 11 is 0. The van der Waals surface area contributed by atoms with Crippen molar-refractivity contribution >= 4 is 17.6 Å². The molecule has 1 heterocycles. The number of hydrogen-bond acceptors (Lipinski definition) is 2. The molecule has 0 amide bonds. The first-order chi connectivity index (χ1) is 8.22. The summed E-state index contributed by atoms with van der Waals surface area (Å²) in [6.45, 7) is 5.82. The number of hydrogen-bond donors (Lipinski definition) is 0. The summed E-state index contributed by atoms with van der Waals surface area (Å²) in [5.74, 6) is 0.974. The van der Waals surface area contributed by atoms with Gasteiger partial charge in [0.25, 0.3) is 0 Å². The van der Waals surface area contributed by atoms with Crippen molar-refractivity contribution in [2.24, 2.45) is 0 Å². The van der Waals surface area contributed by atoms with Gasteiger partial charge in [-0.15, -0.1) is 0 Å². The Kier molecular flexibility index (Phi) is 3.24. The molecule has 0 saturated heterocycles. The highest BCUT2D eigenvalue weighted by Gasteiger charge is 2.07. The maximum Gasteiger partial charge on any atom is 0.135 e. The minimum absolute atomic E-state index is 0.974. The quantitative estimate of drug-likeness (QED) is 0.788. The van der Waals surface area contributed by atoms with Crippen molar-refractivity contribution in [2.75, 3.05) is 11.9 Å². The zero-order valence-corrected chi connectivity index (χ0v) is 10.2. The summed E-state index contributed by atoms with van der Waals surface area (Å²) < 4.78 is 0. The van der Waals surface area contributed by atoms with Gasteiger partial charge in [0, 0.05) is 18.9 Å². The van der Waals surface area contributed by atoms with Crippen LogP contribution in [0.25, 0.3) is 6.08 Å². The summed E-state index contributed by atoms with van der Waals surface area (Å²) in [5, 5.41) is 0. The monoisotopic (exact) mass is 224 g/mol. The predicted octanol–water partition coefficient (Wildman–Crippen LogP) is 3.80. The van der Waals surface area contributed by atoms with Crippen LogP contribution in [0.3, 0.4) is 0 Å². The zero-order chi connectivity index (χ0) is 12.3. The van der Waals surface area contributed by atoms with E-state index in [-0.39, 0.29) is 0 Å². The van der Waals surface area contributed by atoms with E-state index in [0.717, 1.165) is 22.6 Å². The molecule has 0 atom stereocenters. The summed E-state index contributed by atoms with van der Waals surface area (Å²) in [4.78, 5) is 6.57. The molecule has 0 unspecified atom stereocenters. The lowest BCUT2D eigenvalue weighted by molar-refractivity contribution is 1.10. The molecule has 86 valence electrons. The molecule has 0 aliphatic heterocycles. The largest absolute Gasteiger partial charge is 0.329 e. The van der Waals surface area contributed by atoms with Crippen LogP contribution >= 0.6 is 0 Å². The van der Waals surface area contributed by atoms with Crippen LogP contribution in [0.15, 0.2) is 49.2 Å². The molecule has 1 aromatic carbocycles. The Bertz CT molecular complexity index is 518. The Balaban J connectivity index is 2.38. The summed E-state index contributed by atoms with van der Waals surface area (Å²) in [6, 6.07) is 12.3. The normalized spacial score (nSPS) is 10.0. The average molecular weight is 224 g/mol. The Hall–Kier alpha value is -2.09. The molecule has 0 aliphatic rings. The van der Waals surface area contributed by atoms with Gasteiger partial charge in [-0.25, -0.2) is 4.98 Å². The maximum atomic E-state index is 4.48. The fourth-order valence-corrected chi connectivity index (χ4v) is 1.83. The standard InChI is InChI=1S/C15H16N2/c1-4-13-10-12(2)15(16-11-13)17(3)14-8-6-5-7-9-14/h4-11H,1H2,2-3H3. The molecule has 2 rings (SSSR count). The molecule has 17 heavy (non-hydrogen) atoms. The predicted molar refractivity (Wildman–Crippen MR) is 73.6 cm³/mol. The first-order valence-corrected chi connectivity index (χ1v) is 5.60. The third-order valence-electron chi connectivity index (χ3n) is 2.77. The minimum Gasteiger partial charge on any atom is -0.329 e. The lowest BCUT2D eigenvalue weighted by Crippen LogP contribution is -2.12. The highest BCUT2D eigenvalue weighted by molar-refractivity contribution is 5.63. The maximum absolute atomic E-state index is 4.48. The molecule has 2 heteroatoms. The first-order valence-electron chi connectivity index (χ1n) is 5.60. The zero-order valence-electron chi connectivity index (χ0n) is 10.2. The number of benzene rings is 1. The third kappa shape index (κ3) is 2.36. The van der Waals surface area contributed by atoms with Crippen LogP contribution in [0.2, 0.25) is 0 Å². The van der Waals surface area contributed by atoms with E-state index in [1.807, 2.05) is 37.5 Å². The molecule has 0 aliphatic carbocycles. The van der Waals surface area contributed by atoms with E-state index in [2.05, 4.69) is 41.6 Å². The van der Waals surface area contributed by atoms with Crippen molar-refractivity contribution in [1.29, 1.82) is 0 Å². The van der Waals surface area contributed by atoms with Crippen molar-refractivity contribution in [2.45, 2.75) is 6.92 Å². The van der Waals surface area contributed by atoms with E-state index in [4.69, 9.17) is 0 Å². The van der Waals surface area contributed by atoms with Crippen LogP contribution in [0.1, 0.15) is 11.1 Å². The van der Waals surface area contributed by atoms with E-state index >= 15 is 0 Å². The number of aryl methyl sites for hydroxylation is 1. The van der Waals surface area contributed by atoms with Gasteiger partial charge in [-0.1, -0.05) is 30.9 Å². The second-order valence-corrected chi connectivity index (χ2v) is 4.01. The van der Waals surface area contributed by atoms with Gasteiger partial charge in [-0.2, -0.15) is 0 Å². The van der Waals surface area contributed by atoms with Crippen LogP contribution < -0.4 is 4.90 Å². The molecule has 0 bridgehead atoms. The number of para-hydroxylation sites is 1. The van der Waals surface area contributed by atoms with Crippen LogP contribution in [0.4, 0.5) is 11.5 Å². The van der Waals surface area contributed by atoms with E-state index in [0.29, 0.717) is 0 Å². The highest BCUT2D eigenvalue weighted by atomic mass is 15.2. The lowest BCUT2D eigenvalue weighted by atomic mass is 10.2. The van der Waals surface area contributed by atoms with Crippen molar-refractivity contribution in [3.05, 3.63) is 60.3 Å². The second-order valence-electron chi connectivity index (χ2n) is 4.01. The van der Waals surface area contributed by atoms with Gasteiger partial charge in [0.05, 0.1) is 0 Å². The molecule has 2 aromatic rings. The highest BCUT2D eigenvalue weighted by Crippen LogP contribution is 2.24. The van der Waals surface area contributed by atoms with Crippen LogP contribution in [-0.2, 0) is 0 Å². The first kappa shape index (κ1) is 11.4. The van der Waals surface area contributed by atoms with E-state index in [1.165, 1.54) is 0 Å². The molecule has 0 fully saturated rings. The lowest BCUT2D eigenvalue weighted by Gasteiger charge is -2.20. The molecule has 0 spiro atoms. The Labute approximate surface area is 102 Å². The van der Waals surface area contributed by atoms with Crippen LogP contribution in [0, 0.1) is 6.92 Å². The summed E-state index contributed by atoms with van der Waals surface area (Å²) in [5.41, 5.74) is 3.33. The summed E-state index contributed by atoms with van der Waals surface area (Å²) in [6.07, 6.45) is 3.65. The van der Waals surface area contributed by atoms with Crippen molar-refractivity contribution < 1.29 is 0 Å². The van der Waals surface area contributed by atoms with Crippen LogP contribution in [-0.4, -0.2) is 12.0 Å². The van der Waals surface area contributed by atoms with Gasteiger partial charge in [0.1, 0.15) is 5.82 Å². The topological polar surface area (TPSA) is 16.1 Å². The Morgan fingerprint density at radius 2 is 1.94 bits per heavy atom. The molecular formula is C15H16N2. The van der Waals surface area contributed by atoms with Crippen molar-refractivity contribution in [3.63, 3.8) is 0 Å². The molecule has 0 saturated carbocycles. The summed E-state index contributed by atoms with van der Waals surface area (Å²) in [7, 11) is 2.03. The van der Waals surface area contributed by atoms with E-state index in [1.54, 1.807) is 0 Å². The van der Waals surface area contributed by atoms with E-state index in [9.17, 15) is 0 Å². The molecular weight excluding hydrogens is 208 g/mol. The van der Waals surface area contributed by atoms with Gasteiger partial charge in [0.2, 0.25) is 0 Å². The fraction of sp³-hybridized carbons (Fsp3) is 0.133. The molecule has 2 nitrogen and oxygen atoms in total. The Morgan fingerprint density at radius 1 is 1.24 bits per heavy atom. The Morgan fingerprint density at radius 3 is 2.53 bits per heavy atom. The van der Waals surface area contributed by atoms with Crippen LogP contribution in [0.5, 0.6) is 0 Å². The van der Waals surface area contributed by atoms with Gasteiger partial charge in [0.15, 0.2) is 0 Å². The number of anilines is 2. The SMILES string of the molecule is C=Cc1cnc(N(C)c2ccccc2)c(C)c1. The van der Waals surface area contributed by atoms with Gasteiger partial charge >= 0.3 is 0 Å². The van der Waals surface area contributed by atoms with Crippen molar-refractivity contribution in [1.82, 2.24) is 4.98 Å². The molecule has 0 N–H and O–H groups in total.